The van der Waals surface area contributed by atoms with Gasteiger partial charge in [0.05, 0.1) is 5.56 Å². The zero-order chi connectivity index (χ0) is 15.9. The van der Waals surface area contributed by atoms with Gasteiger partial charge >= 0.3 is 5.97 Å². The van der Waals surface area contributed by atoms with Gasteiger partial charge in [0.2, 0.25) is 0 Å². The third-order valence-corrected chi connectivity index (χ3v) is 5.89. The van der Waals surface area contributed by atoms with Crippen LogP contribution < -0.4 is 5.32 Å². The van der Waals surface area contributed by atoms with E-state index in [1.54, 1.807) is 19.1 Å². The van der Waals surface area contributed by atoms with Crippen LogP contribution in [0.5, 0.6) is 0 Å². The van der Waals surface area contributed by atoms with Gasteiger partial charge < -0.3 is 10.4 Å². The van der Waals surface area contributed by atoms with E-state index in [-0.39, 0.29) is 5.91 Å². The first-order chi connectivity index (χ1) is 10.6. The SMILES string of the molecule is CC(Sc1ccccc1C(=O)NCC1CCSCC1)C(=O)O. The Morgan fingerprint density at radius 3 is 2.73 bits per heavy atom. The number of carbonyl (C=O) groups excluding carboxylic acids is 1. The number of carbonyl (C=O) groups is 2. The molecule has 22 heavy (non-hydrogen) atoms. The van der Waals surface area contributed by atoms with Crippen LogP contribution in [0.15, 0.2) is 29.2 Å². The van der Waals surface area contributed by atoms with Gasteiger partial charge in [0.1, 0.15) is 5.25 Å². The number of aliphatic carboxylic acids is 1. The standard InChI is InChI=1S/C16H21NO3S2/c1-11(16(19)20)22-14-5-3-2-4-13(14)15(18)17-10-12-6-8-21-9-7-12/h2-5,11-12H,6-10H2,1H3,(H,17,18)(H,19,20). The second-order valence-corrected chi connectivity index (χ2v) is 7.97. The van der Waals surface area contributed by atoms with Crippen LogP contribution in [-0.2, 0) is 4.79 Å². The minimum Gasteiger partial charge on any atom is -0.480 e. The molecule has 0 aliphatic carbocycles. The number of carboxylic acid groups (broad SMARTS) is 1. The summed E-state index contributed by atoms with van der Waals surface area (Å²) in [7, 11) is 0. The summed E-state index contributed by atoms with van der Waals surface area (Å²) in [6.45, 7) is 2.33. The maximum absolute atomic E-state index is 12.4. The molecule has 1 aromatic carbocycles. The van der Waals surface area contributed by atoms with Crippen molar-refractivity contribution < 1.29 is 14.7 Å². The van der Waals surface area contributed by atoms with Crippen LogP contribution in [0.4, 0.5) is 0 Å². The van der Waals surface area contributed by atoms with E-state index in [0.717, 1.165) is 12.8 Å². The minimum atomic E-state index is -0.875. The summed E-state index contributed by atoms with van der Waals surface area (Å²) in [5.74, 6) is 1.91. The average Bonchev–Trinajstić information content (AvgIpc) is 2.54. The summed E-state index contributed by atoms with van der Waals surface area (Å²) in [4.78, 5) is 24.1. The van der Waals surface area contributed by atoms with Gasteiger partial charge in [-0.15, -0.1) is 11.8 Å². The molecule has 0 spiro atoms. The van der Waals surface area contributed by atoms with Gasteiger partial charge in [-0.1, -0.05) is 12.1 Å². The van der Waals surface area contributed by atoms with Crippen molar-refractivity contribution >= 4 is 35.4 Å². The first kappa shape index (κ1) is 17.2. The fraction of sp³-hybridized carbons (Fsp3) is 0.500. The van der Waals surface area contributed by atoms with Crippen molar-refractivity contribution in [1.82, 2.24) is 5.32 Å². The van der Waals surface area contributed by atoms with E-state index in [2.05, 4.69) is 5.32 Å². The quantitative estimate of drug-likeness (QED) is 0.780. The molecule has 1 aliphatic rings. The number of benzene rings is 1. The molecule has 1 heterocycles. The van der Waals surface area contributed by atoms with Gasteiger partial charge in [-0.2, -0.15) is 11.8 Å². The molecule has 0 saturated carbocycles. The zero-order valence-electron chi connectivity index (χ0n) is 12.6. The van der Waals surface area contributed by atoms with Crippen molar-refractivity contribution in [3.63, 3.8) is 0 Å². The molecule has 1 aliphatic heterocycles. The Bertz CT molecular complexity index is 530. The second-order valence-electron chi connectivity index (χ2n) is 5.36. The number of hydrogen-bond donors (Lipinski definition) is 2. The zero-order valence-corrected chi connectivity index (χ0v) is 14.2. The topological polar surface area (TPSA) is 66.4 Å². The van der Waals surface area contributed by atoms with Crippen LogP contribution in [0.1, 0.15) is 30.1 Å². The Kier molecular flexibility index (Phi) is 6.64. The highest BCUT2D eigenvalue weighted by atomic mass is 32.2. The van der Waals surface area contributed by atoms with Crippen LogP contribution in [0, 0.1) is 5.92 Å². The van der Waals surface area contributed by atoms with Gasteiger partial charge in [-0.25, -0.2) is 0 Å². The Morgan fingerprint density at radius 1 is 1.36 bits per heavy atom. The van der Waals surface area contributed by atoms with E-state index >= 15 is 0 Å². The molecule has 6 heteroatoms. The second kappa shape index (κ2) is 8.48. The van der Waals surface area contributed by atoms with E-state index in [1.165, 1.54) is 23.3 Å². The molecule has 1 fully saturated rings. The highest BCUT2D eigenvalue weighted by Crippen LogP contribution is 2.27. The predicted octanol–water partition coefficient (Wildman–Crippen LogP) is 3.12. The smallest absolute Gasteiger partial charge is 0.316 e. The molecule has 0 bridgehead atoms. The lowest BCUT2D eigenvalue weighted by Gasteiger charge is -2.21. The Morgan fingerprint density at radius 2 is 2.05 bits per heavy atom. The average molecular weight is 339 g/mol. The number of thioether (sulfide) groups is 2. The van der Waals surface area contributed by atoms with Crippen LogP contribution in [0.2, 0.25) is 0 Å². The summed E-state index contributed by atoms with van der Waals surface area (Å²) in [6, 6.07) is 7.19. The van der Waals surface area contributed by atoms with Crippen molar-refractivity contribution in [2.24, 2.45) is 5.92 Å². The molecular formula is C16H21NO3S2. The maximum Gasteiger partial charge on any atom is 0.316 e. The van der Waals surface area contributed by atoms with Crippen LogP contribution in [-0.4, -0.2) is 40.3 Å². The van der Waals surface area contributed by atoms with Crippen LogP contribution in [0.3, 0.4) is 0 Å². The summed E-state index contributed by atoms with van der Waals surface area (Å²) < 4.78 is 0. The Hall–Kier alpha value is -1.14. The highest BCUT2D eigenvalue weighted by Gasteiger charge is 2.19. The monoisotopic (exact) mass is 339 g/mol. The molecule has 2 N–H and O–H groups in total. The largest absolute Gasteiger partial charge is 0.480 e. The predicted molar refractivity (Wildman–Crippen MR) is 91.8 cm³/mol. The molecule has 0 aromatic heterocycles. The van der Waals surface area contributed by atoms with Gasteiger partial charge in [0, 0.05) is 11.4 Å². The van der Waals surface area contributed by atoms with Gasteiger partial charge in [0.15, 0.2) is 0 Å². The number of rotatable bonds is 6. The molecule has 2 rings (SSSR count). The Labute approximate surface area is 139 Å². The number of hydrogen-bond acceptors (Lipinski definition) is 4. The van der Waals surface area contributed by atoms with Crippen molar-refractivity contribution in [2.45, 2.75) is 29.9 Å². The molecule has 1 saturated heterocycles. The number of nitrogens with one attached hydrogen (secondary N) is 1. The van der Waals surface area contributed by atoms with E-state index in [4.69, 9.17) is 5.11 Å². The fourth-order valence-electron chi connectivity index (χ4n) is 2.28. The van der Waals surface area contributed by atoms with E-state index in [0.29, 0.717) is 22.9 Å². The lowest BCUT2D eigenvalue weighted by Crippen LogP contribution is -2.31. The van der Waals surface area contributed by atoms with Gasteiger partial charge in [0.25, 0.3) is 5.91 Å². The maximum atomic E-state index is 12.4. The first-order valence-corrected chi connectivity index (χ1v) is 9.46. The minimum absolute atomic E-state index is 0.112. The van der Waals surface area contributed by atoms with E-state index in [1.807, 2.05) is 23.9 Å². The third kappa shape index (κ3) is 4.95. The first-order valence-electron chi connectivity index (χ1n) is 7.42. The van der Waals surface area contributed by atoms with Crippen molar-refractivity contribution in [2.75, 3.05) is 18.1 Å². The summed E-state index contributed by atoms with van der Waals surface area (Å²) >= 11 is 3.17. The lowest BCUT2D eigenvalue weighted by molar-refractivity contribution is -0.136. The molecule has 4 nitrogen and oxygen atoms in total. The fourth-order valence-corrected chi connectivity index (χ4v) is 4.41. The highest BCUT2D eigenvalue weighted by molar-refractivity contribution is 8.00. The summed E-state index contributed by atoms with van der Waals surface area (Å²) in [5.41, 5.74) is 0.561. The van der Waals surface area contributed by atoms with Gasteiger partial charge in [-0.05, 0) is 49.3 Å². The van der Waals surface area contributed by atoms with Gasteiger partial charge in [-0.3, -0.25) is 9.59 Å². The van der Waals surface area contributed by atoms with Crippen LogP contribution in [0.25, 0.3) is 0 Å². The van der Waals surface area contributed by atoms with E-state index in [9.17, 15) is 9.59 Å². The number of amides is 1. The number of carboxylic acids is 1. The molecular weight excluding hydrogens is 318 g/mol. The summed E-state index contributed by atoms with van der Waals surface area (Å²) in [5, 5.41) is 11.4. The molecule has 1 atom stereocenters. The molecule has 1 amide bonds. The lowest BCUT2D eigenvalue weighted by atomic mass is 10.0. The Balaban J connectivity index is 1.97. The van der Waals surface area contributed by atoms with Crippen LogP contribution >= 0.6 is 23.5 Å². The molecule has 1 aromatic rings. The molecule has 1 unspecified atom stereocenters. The normalized spacial score (nSPS) is 17.0. The van der Waals surface area contributed by atoms with Crippen molar-refractivity contribution in [3.8, 4) is 0 Å². The van der Waals surface area contributed by atoms with Crippen molar-refractivity contribution in [3.05, 3.63) is 29.8 Å². The molecule has 120 valence electrons. The summed E-state index contributed by atoms with van der Waals surface area (Å²) in [6.07, 6.45) is 2.30. The molecule has 0 radical (unpaired) electrons. The van der Waals surface area contributed by atoms with Crippen molar-refractivity contribution in [1.29, 1.82) is 0 Å². The van der Waals surface area contributed by atoms with E-state index < -0.39 is 11.2 Å². The third-order valence-electron chi connectivity index (χ3n) is 3.68.